The van der Waals surface area contributed by atoms with E-state index in [1.54, 1.807) is 0 Å². The molecule has 2 aliphatic rings. The van der Waals surface area contributed by atoms with Crippen LogP contribution >= 0.6 is 0 Å². The summed E-state index contributed by atoms with van der Waals surface area (Å²) in [6.45, 7) is 3.61. The van der Waals surface area contributed by atoms with Gasteiger partial charge in [-0.05, 0) is 112 Å². The second-order valence-corrected chi connectivity index (χ2v) is 9.90. The first kappa shape index (κ1) is 22.1. The fourth-order valence-electron chi connectivity index (χ4n) is 5.77. The van der Waals surface area contributed by atoms with Gasteiger partial charge in [0.15, 0.2) is 0 Å². The maximum absolute atomic E-state index is 11.7. The first-order chi connectivity index (χ1) is 16.2. The number of fused-ring (bicyclic) bond motifs is 2. The van der Waals surface area contributed by atoms with Gasteiger partial charge >= 0.3 is 0 Å². The van der Waals surface area contributed by atoms with Crippen LogP contribution in [0.5, 0.6) is 0 Å². The molecule has 0 atom stereocenters. The topological polar surface area (TPSA) is 59.2 Å². The molecule has 1 fully saturated rings. The van der Waals surface area contributed by atoms with Crippen LogP contribution in [0.3, 0.4) is 0 Å². The third kappa shape index (κ3) is 5.11. The third-order valence-electron chi connectivity index (χ3n) is 7.65. The number of nitrogens with zero attached hydrogens (tertiary/aromatic N) is 2. The van der Waals surface area contributed by atoms with Crippen molar-refractivity contribution in [3.63, 3.8) is 0 Å². The molecule has 1 saturated heterocycles. The van der Waals surface area contributed by atoms with E-state index >= 15 is 0 Å². The van der Waals surface area contributed by atoms with E-state index in [0.717, 1.165) is 30.7 Å². The van der Waals surface area contributed by atoms with Crippen LogP contribution in [0.1, 0.15) is 64.8 Å². The minimum atomic E-state index is -0.377. The van der Waals surface area contributed by atoms with E-state index in [1.807, 2.05) is 12.1 Å². The number of rotatable bonds is 7. The normalized spacial score (nSPS) is 17.2. The van der Waals surface area contributed by atoms with Gasteiger partial charge in [0.05, 0.1) is 5.52 Å². The summed E-state index contributed by atoms with van der Waals surface area (Å²) in [5.74, 6) is 0.348. The first-order valence-corrected chi connectivity index (χ1v) is 12.7. The van der Waals surface area contributed by atoms with Crippen molar-refractivity contribution in [3.8, 4) is 0 Å². The standard InChI is InChI=1S/C29H35N3O/c30-29(33)23-12-13-25-26(24-10-4-5-11-27(24)31-28(25)20-23)19-22-14-17-32(18-15-22)16-6-9-21-7-2-1-3-8-21/h1-3,7-8,12-13,20,22H,4-6,9-11,14-19H2,(H2,30,33). The molecule has 2 aromatic carbocycles. The molecule has 5 rings (SSSR count). The number of hydrogen-bond donors (Lipinski definition) is 1. The highest BCUT2D eigenvalue weighted by atomic mass is 16.1. The fraction of sp³-hybridized carbons (Fsp3) is 0.448. The van der Waals surface area contributed by atoms with E-state index in [4.69, 9.17) is 10.7 Å². The van der Waals surface area contributed by atoms with Crippen LogP contribution in [0.15, 0.2) is 48.5 Å². The average molecular weight is 442 g/mol. The van der Waals surface area contributed by atoms with E-state index < -0.39 is 0 Å². The quantitative estimate of drug-likeness (QED) is 0.555. The van der Waals surface area contributed by atoms with Crippen molar-refractivity contribution in [1.82, 2.24) is 9.88 Å². The van der Waals surface area contributed by atoms with Crippen LogP contribution in [-0.2, 0) is 25.7 Å². The third-order valence-corrected chi connectivity index (χ3v) is 7.65. The van der Waals surface area contributed by atoms with Gasteiger partial charge in [-0.25, -0.2) is 0 Å². The lowest BCUT2D eigenvalue weighted by molar-refractivity contribution is 0.100. The minimum absolute atomic E-state index is 0.377. The molecule has 4 nitrogen and oxygen atoms in total. The molecule has 0 unspecified atom stereocenters. The lowest BCUT2D eigenvalue weighted by Gasteiger charge is -2.33. The monoisotopic (exact) mass is 441 g/mol. The van der Waals surface area contributed by atoms with Gasteiger partial charge in [0, 0.05) is 16.6 Å². The van der Waals surface area contributed by atoms with E-state index in [0.29, 0.717) is 5.56 Å². The smallest absolute Gasteiger partial charge is 0.248 e. The number of carbonyl (C=O) groups excluding carboxylic acids is 1. The number of amides is 1. The maximum Gasteiger partial charge on any atom is 0.248 e. The van der Waals surface area contributed by atoms with Crippen molar-refractivity contribution >= 4 is 16.8 Å². The molecule has 4 heteroatoms. The molecule has 0 bridgehead atoms. The second-order valence-electron chi connectivity index (χ2n) is 9.90. The number of carbonyl (C=O) groups is 1. The number of piperidine rings is 1. The van der Waals surface area contributed by atoms with Crippen LogP contribution in [0.4, 0.5) is 0 Å². The molecule has 1 aliphatic carbocycles. The number of likely N-dealkylation sites (tertiary alicyclic amines) is 1. The van der Waals surface area contributed by atoms with Gasteiger partial charge in [-0.1, -0.05) is 36.4 Å². The van der Waals surface area contributed by atoms with Gasteiger partial charge in [-0.3, -0.25) is 9.78 Å². The summed E-state index contributed by atoms with van der Waals surface area (Å²) in [6, 6.07) is 16.7. The molecule has 1 amide bonds. The largest absolute Gasteiger partial charge is 0.366 e. The number of nitrogens with two attached hydrogens (primary N) is 1. The molecule has 3 aromatic rings. The van der Waals surface area contributed by atoms with Gasteiger partial charge in [0.1, 0.15) is 0 Å². The Labute approximate surface area is 197 Å². The summed E-state index contributed by atoms with van der Waals surface area (Å²) >= 11 is 0. The number of aryl methyl sites for hydroxylation is 2. The van der Waals surface area contributed by atoms with E-state index in [9.17, 15) is 4.79 Å². The predicted molar refractivity (Wildman–Crippen MR) is 135 cm³/mol. The molecule has 2 heterocycles. The van der Waals surface area contributed by atoms with Crippen molar-refractivity contribution < 1.29 is 4.79 Å². The number of pyridine rings is 1. The number of benzene rings is 2. The van der Waals surface area contributed by atoms with Gasteiger partial charge in [0.2, 0.25) is 5.91 Å². The summed E-state index contributed by atoms with van der Waals surface area (Å²) in [5, 5.41) is 1.23. The molecule has 2 N–H and O–H groups in total. The Balaban J connectivity index is 1.26. The Hall–Kier alpha value is -2.72. The molecule has 0 radical (unpaired) electrons. The summed E-state index contributed by atoms with van der Waals surface area (Å²) < 4.78 is 0. The lowest BCUT2D eigenvalue weighted by Crippen LogP contribution is -2.35. The van der Waals surface area contributed by atoms with Crippen molar-refractivity contribution in [2.45, 2.75) is 57.8 Å². The van der Waals surface area contributed by atoms with Crippen LogP contribution in [0.25, 0.3) is 10.9 Å². The summed E-state index contributed by atoms with van der Waals surface area (Å²) in [5.41, 5.74) is 12.7. The van der Waals surface area contributed by atoms with Gasteiger partial charge in [-0.15, -0.1) is 0 Å². The zero-order valence-corrected chi connectivity index (χ0v) is 19.6. The van der Waals surface area contributed by atoms with E-state index in [2.05, 4.69) is 41.3 Å². The Morgan fingerprint density at radius 2 is 1.82 bits per heavy atom. The summed E-state index contributed by atoms with van der Waals surface area (Å²) in [4.78, 5) is 19.3. The average Bonchev–Trinajstić information content (AvgIpc) is 2.85. The highest BCUT2D eigenvalue weighted by Gasteiger charge is 2.24. The van der Waals surface area contributed by atoms with Crippen LogP contribution in [0.2, 0.25) is 0 Å². The fourth-order valence-corrected chi connectivity index (χ4v) is 5.77. The highest BCUT2D eigenvalue weighted by molar-refractivity contribution is 5.97. The zero-order chi connectivity index (χ0) is 22.6. The number of primary amides is 1. The summed E-state index contributed by atoms with van der Waals surface area (Å²) in [6.07, 6.45) is 10.7. The van der Waals surface area contributed by atoms with Crippen molar-refractivity contribution in [3.05, 3.63) is 76.5 Å². The predicted octanol–water partition coefficient (Wildman–Crippen LogP) is 5.10. The Morgan fingerprint density at radius 1 is 1.03 bits per heavy atom. The lowest BCUT2D eigenvalue weighted by atomic mass is 9.83. The molecule has 0 spiro atoms. The molecule has 172 valence electrons. The van der Waals surface area contributed by atoms with Crippen molar-refractivity contribution in [1.29, 1.82) is 0 Å². The number of aromatic nitrogens is 1. The molecule has 1 aromatic heterocycles. The molecule has 0 saturated carbocycles. The van der Waals surface area contributed by atoms with Crippen LogP contribution in [-0.4, -0.2) is 35.4 Å². The first-order valence-electron chi connectivity index (χ1n) is 12.7. The van der Waals surface area contributed by atoms with Gasteiger partial charge < -0.3 is 10.6 Å². The van der Waals surface area contributed by atoms with Crippen molar-refractivity contribution in [2.75, 3.05) is 19.6 Å². The van der Waals surface area contributed by atoms with E-state index in [1.165, 1.54) is 85.9 Å². The minimum Gasteiger partial charge on any atom is -0.366 e. The van der Waals surface area contributed by atoms with E-state index in [-0.39, 0.29) is 5.91 Å². The number of hydrogen-bond acceptors (Lipinski definition) is 3. The Bertz CT molecular complexity index is 1120. The highest BCUT2D eigenvalue weighted by Crippen LogP contribution is 2.33. The van der Waals surface area contributed by atoms with Gasteiger partial charge in [-0.2, -0.15) is 0 Å². The van der Waals surface area contributed by atoms with Crippen LogP contribution in [0, 0.1) is 5.92 Å². The van der Waals surface area contributed by atoms with Gasteiger partial charge in [0.25, 0.3) is 0 Å². The van der Waals surface area contributed by atoms with Crippen molar-refractivity contribution in [2.24, 2.45) is 11.7 Å². The SMILES string of the molecule is NC(=O)c1ccc2c(CC3CCN(CCCc4ccccc4)CC3)c3c(nc2c1)CCCC3. The molecular weight excluding hydrogens is 406 g/mol. The molecule has 1 aliphatic heterocycles. The molecule has 33 heavy (non-hydrogen) atoms. The van der Waals surface area contributed by atoms with Crippen LogP contribution < -0.4 is 5.73 Å². The molecular formula is C29H35N3O. The Morgan fingerprint density at radius 3 is 2.61 bits per heavy atom. The maximum atomic E-state index is 11.7. The zero-order valence-electron chi connectivity index (χ0n) is 19.6. The Kier molecular flexibility index (Phi) is 6.73. The second kappa shape index (κ2) is 10.0. The summed E-state index contributed by atoms with van der Waals surface area (Å²) in [7, 11) is 0.